The van der Waals surface area contributed by atoms with Gasteiger partial charge in [0, 0.05) is 6.42 Å². The van der Waals surface area contributed by atoms with Gasteiger partial charge in [0.15, 0.2) is 0 Å². The highest BCUT2D eigenvalue weighted by Gasteiger charge is 2.50. The van der Waals surface area contributed by atoms with Crippen molar-refractivity contribution in [3.63, 3.8) is 0 Å². The molecule has 1 unspecified atom stereocenters. The molecule has 0 spiro atoms. The highest BCUT2D eigenvalue weighted by atomic mass is 16.5. The fourth-order valence-corrected chi connectivity index (χ4v) is 2.41. The predicted octanol–water partition coefficient (Wildman–Crippen LogP) is 1.58. The van der Waals surface area contributed by atoms with E-state index in [-0.39, 0.29) is 18.3 Å². The molecule has 1 aromatic rings. The Hall–Kier alpha value is -1.78. The minimum absolute atomic E-state index is 0.0493. The van der Waals surface area contributed by atoms with Crippen molar-refractivity contribution in [3.05, 3.63) is 24.2 Å². The first kappa shape index (κ1) is 12.7. The van der Waals surface area contributed by atoms with Crippen LogP contribution >= 0.6 is 0 Å². The number of hydrogen-bond acceptors (Lipinski definition) is 4. The van der Waals surface area contributed by atoms with Crippen molar-refractivity contribution in [1.82, 2.24) is 4.90 Å². The van der Waals surface area contributed by atoms with Crippen molar-refractivity contribution in [2.45, 2.75) is 32.4 Å². The Kier molecular flexibility index (Phi) is 3.15. The van der Waals surface area contributed by atoms with Crippen molar-refractivity contribution in [1.29, 1.82) is 0 Å². The molecule has 0 N–H and O–H groups in total. The fourth-order valence-electron chi connectivity index (χ4n) is 2.41. The van der Waals surface area contributed by atoms with E-state index in [2.05, 4.69) is 0 Å². The molecule has 5 heteroatoms. The second-order valence-corrected chi connectivity index (χ2v) is 4.99. The minimum atomic E-state index is -0.559. The van der Waals surface area contributed by atoms with E-state index in [9.17, 15) is 9.59 Å². The Morgan fingerprint density at radius 3 is 2.89 bits per heavy atom. The van der Waals surface area contributed by atoms with Gasteiger partial charge in [0.2, 0.25) is 5.91 Å². The Morgan fingerprint density at radius 2 is 2.33 bits per heavy atom. The van der Waals surface area contributed by atoms with Crippen LogP contribution in [0.1, 0.15) is 26.0 Å². The molecule has 1 fully saturated rings. The first-order valence-corrected chi connectivity index (χ1v) is 5.87. The smallest absolute Gasteiger partial charge is 0.311 e. The van der Waals surface area contributed by atoms with Crippen molar-refractivity contribution >= 4 is 11.9 Å². The van der Waals surface area contributed by atoms with Crippen LogP contribution in [0.25, 0.3) is 0 Å². The van der Waals surface area contributed by atoms with Crippen molar-refractivity contribution in [2.75, 3.05) is 7.11 Å². The quantitative estimate of drug-likeness (QED) is 0.765. The van der Waals surface area contributed by atoms with Crippen molar-refractivity contribution in [3.8, 4) is 0 Å². The number of likely N-dealkylation sites (tertiary alicyclic amines) is 1. The molecule has 2 heterocycles. The van der Waals surface area contributed by atoms with Gasteiger partial charge in [-0.25, -0.2) is 0 Å². The molecule has 1 aliphatic heterocycles. The van der Waals surface area contributed by atoms with E-state index in [1.807, 2.05) is 19.9 Å². The topological polar surface area (TPSA) is 59.8 Å². The Morgan fingerprint density at radius 1 is 1.61 bits per heavy atom. The molecule has 1 aromatic heterocycles. The number of rotatable bonds is 3. The summed E-state index contributed by atoms with van der Waals surface area (Å²) in [6.07, 6.45) is 1.76. The van der Waals surface area contributed by atoms with Crippen LogP contribution in [-0.2, 0) is 20.9 Å². The third-order valence-corrected chi connectivity index (χ3v) is 3.61. The van der Waals surface area contributed by atoms with Crippen molar-refractivity contribution < 1.29 is 18.7 Å². The predicted molar refractivity (Wildman–Crippen MR) is 63.5 cm³/mol. The maximum atomic E-state index is 12.0. The monoisotopic (exact) mass is 251 g/mol. The molecule has 0 bridgehead atoms. The molecule has 1 saturated heterocycles. The molecule has 2 rings (SSSR count). The van der Waals surface area contributed by atoms with E-state index in [4.69, 9.17) is 9.15 Å². The minimum Gasteiger partial charge on any atom is -0.469 e. The lowest BCUT2D eigenvalue weighted by Gasteiger charge is -2.34. The summed E-state index contributed by atoms with van der Waals surface area (Å²) in [5.41, 5.74) is -0.559. The number of esters is 1. The number of nitrogens with zero attached hydrogens (tertiary/aromatic N) is 1. The fraction of sp³-hybridized carbons (Fsp3) is 0.538. The van der Waals surface area contributed by atoms with Crippen LogP contribution in [0.2, 0.25) is 0 Å². The van der Waals surface area contributed by atoms with E-state index >= 15 is 0 Å². The number of carbonyl (C=O) groups excluding carboxylic acids is 2. The molecule has 1 atom stereocenters. The number of amides is 1. The maximum Gasteiger partial charge on any atom is 0.311 e. The lowest BCUT2D eigenvalue weighted by atomic mass is 9.88. The first-order chi connectivity index (χ1) is 8.46. The van der Waals surface area contributed by atoms with Gasteiger partial charge in [-0.2, -0.15) is 0 Å². The van der Waals surface area contributed by atoms with Gasteiger partial charge in [0.1, 0.15) is 5.76 Å². The zero-order valence-corrected chi connectivity index (χ0v) is 10.8. The Bertz CT molecular complexity index is 450. The summed E-state index contributed by atoms with van der Waals surface area (Å²) in [6.45, 7) is 4.14. The first-order valence-electron chi connectivity index (χ1n) is 5.87. The van der Waals surface area contributed by atoms with Crippen LogP contribution in [0.4, 0.5) is 0 Å². The number of ether oxygens (including phenoxy) is 1. The summed E-state index contributed by atoms with van der Waals surface area (Å²) in [5.74, 6) is -0.103. The van der Waals surface area contributed by atoms with E-state index in [0.29, 0.717) is 12.3 Å². The lowest BCUT2D eigenvalue weighted by molar-refractivity contribution is -0.148. The summed E-state index contributed by atoms with van der Waals surface area (Å²) < 4.78 is 10.0. The van der Waals surface area contributed by atoms with Gasteiger partial charge in [-0.3, -0.25) is 9.59 Å². The highest BCUT2D eigenvalue weighted by molar-refractivity contribution is 5.88. The maximum absolute atomic E-state index is 12.0. The molecule has 0 aliphatic carbocycles. The molecular formula is C13H17NO4. The molecule has 0 saturated carbocycles. The zero-order valence-electron chi connectivity index (χ0n) is 10.8. The summed E-state index contributed by atoms with van der Waals surface area (Å²) in [5, 5.41) is 0. The largest absolute Gasteiger partial charge is 0.469 e. The second-order valence-electron chi connectivity index (χ2n) is 4.99. The highest BCUT2D eigenvalue weighted by Crippen LogP contribution is 2.37. The third-order valence-electron chi connectivity index (χ3n) is 3.61. The molecule has 0 radical (unpaired) electrons. The molecule has 5 nitrogen and oxygen atoms in total. The van der Waals surface area contributed by atoms with Gasteiger partial charge < -0.3 is 14.1 Å². The van der Waals surface area contributed by atoms with E-state index in [1.54, 1.807) is 17.2 Å². The molecule has 1 aliphatic rings. The number of methoxy groups -OCH3 is 1. The average molecular weight is 251 g/mol. The molecule has 1 amide bonds. The summed E-state index contributed by atoms with van der Waals surface area (Å²) in [7, 11) is 1.35. The summed E-state index contributed by atoms with van der Waals surface area (Å²) in [6, 6.07) is 3.59. The van der Waals surface area contributed by atoms with E-state index < -0.39 is 11.5 Å². The number of furan rings is 1. The second kappa shape index (κ2) is 4.48. The van der Waals surface area contributed by atoms with Gasteiger partial charge >= 0.3 is 5.97 Å². The van der Waals surface area contributed by atoms with Crippen LogP contribution < -0.4 is 0 Å². The lowest BCUT2D eigenvalue weighted by Crippen LogP contribution is -2.45. The molecule has 98 valence electrons. The van der Waals surface area contributed by atoms with Crippen LogP contribution in [-0.4, -0.2) is 29.4 Å². The van der Waals surface area contributed by atoms with E-state index in [1.165, 1.54) is 7.11 Å². The number of hydrogen-bond donors (Lipinski definition) is 0. The Balaban J connectivity index is 2.20. The summed E-state index contributed by atoms with van der Waals surface area (Å²) >= 11 is 0. The van der Waals surface area contributed by atoms with Gasteiger partial charge in [-0.1, -0.05) is 0 Å². The normalized spacial score (nSPS) is 22.3. The molecule has 0 aromatic carbocycles. The third kappa shape index (κ3) is 2.00. The average Bonchev–Trinajstić information content (AvgIpc) is 2.90. The van der Waals surface area contributed by atoms with Gasteiger partial charge in [0.25, 0.3) is 0 Å². The zero-order chi connectivity index (χ0) is 13.3. The van der Waals surface area contributed by atoms with Crippen molar-refractivity contribution in [2.24, 2.45) is 5.92 Å². The summed E-state index contributed by atoms with van der Waals surface area (Å²) in [4.78, 5) is 25.4. The van der Waals surface area contributed by atoms with Gasteiger partial charge in [0.05, 0.1) is 31.4 Å². The Labute approximate surface area is 106 Å². The van der Waals surface area contributed by atoms with Gasteiger partial charge in [-0.15, -0.1) is 0 Å². The van der Waals surface area contributed by atoms with E-state index in [0.717, 1.165) is 0 Å². The standard InChI is InChI=1S/C13H17NO4/c1-13(2)10(12(16)17-3)7-11(15)14(13)8-9-5-4-6-18-9/h4-6,10H,7-8H2,1-3H3. The van der Waals surface area contributed by atoms with Crippen LogP contribution in [0, 0.1) is 5.92 Å². The van der Waals surface area contributed by atoms with Crippen LogP contribution in [0.15, 0.2) is 22.8 Å². The number of carbonyl (C=O) groups is 2. The van der Waals surface area contributed by atoms with Crippen LogP contribution in [0.3, 0.4) is 0 Å². The molecular weight excluding hydrogens is 234 g/mol. The molecule has 18 heavy (non-hydrogen) atoms. The van der Waals surface area contributed by atoms with Gasteiger partial charge in [-0.05, 0) is 26.0 Å². The SMILES string of the molecule is COC(=O)C1CC(=O)N(Cc2ccco2)C1(C)C. The van der Waals surface area contributed by atoms with Crippen LogP contribution in [0.5, 0.6) is 0 Å².